The normalized spacial score (nSPS) is 36.4. The lowest BCUT2D eigenvalue weighted by atomic mass is 9.76. The Balaban J connectivity index is 1.86. The summed E-state index contributed by atoms with van der Waals surface area (Å²) in [4.78, 5) is 37.4. The minimum Gasteiger partial charge on any atom is -0.368 e. The van der Waals surface area contributed by atoms with Crippen LogP contribution >= 0.6 is 0 Å². The van der Waals surface area contributed by atoms with Crippen molar-refractivity contribution in [3.63, 3.8) is 0 Å². The summed E-state index contributed by atoms with van der Waals surface area (Å²) >= 11 is 0. The van der Waals surface area contributed by atoms with Gasteiger partial charge in [0.2, 0.25) is 17.7 Å². The van der Waals surface area contributed by atoms with Crippen molar-refractivity contribution in [3.8, 4) is 0 Å². The van der Waals surface area contributed by atoms with Gasteiger partial charge in [0.25, 0.3) is 0 Å². The summed E-state index contributed by atoms with van der Waals surface area (Å²) in [6, 6.07) is -0.00483. The van der Waals surface area contributed by atoms with Crippen molar-refractivity contribution in [2.45, 2.75) is 31.6 Å². The largest absolute Gasteiger partial charge is 0.368 e. The molecule has 3 heterocycles. The number of amides is 3. The van der Waals surface area contributed by atoms with E-state index in [4.69, 9.17) is 10.5 Å². The number of likely N-dealkylation sites (tertiary alicyclic amines) is 1. The second kappa shape index (κ2) is 4.56. The molecule has 4 atom stereocenters. The van der Waals surface area contributed by atoms with Gasteiger partial charge in [0.15, 0.2) is 0 Å². The van der Waals surface area contributed by atoms with E-state index in [1.54, 1.807) is 0 Å². The fraction of sp³-hybridized carbons (Fsp3) is 0.643. The number of nitrogens with zero attached hydrogens (tertiary/aromatic N) is 1. The van der Waals surface area contributed by atoms with Gasteiger partial charge in [-0.3, -0.25) is 14.4 Å². The quantitative estimate of drug-likeness (QED) is 0.634. The van der Waals surface area contributed by atoms with Gasteiger partial charge in [0, 0.05) is 6.04 Å². The summed E-state index contributed by atoms with van der Waals surface area (Å²) in [5.74, 6) is -2.08. The molecule has 0 saturated carbocycles. The lowest BCUT2D eigenvalue weighted by Crippen LogP contribution is -2.46. The van der Waals surface area contributed by atoms with Gasteiger partial charge < -0.3 is 20.7 Å². The standard InChI is InChI=1S/C14H19N3O4/c1-7(2)16-12(19)10-8-3-4-14(21-8)6-17(5-9(15)18)13(20)11(10)14/h3-4,7-8,10-11H,5-6H2,1-2H3,(H2,15,18)(H,16,19)/t8-,10-,11+,14-/m1/s1. The predicted molar refractivity (Wildman–Crippen MR) is 72.8 cm³/mol. The van der Waals surface area contributed by atoms with Gasteiger partial charge in [-0.25, -0.2) is 0 Å². The van der Waals surface area contributed by atoms with E-state index < -0.39 is 23.3 Å². The van der Waals surface area contributed by atoms with Gasteiger partial charge >= 0.3 is 0 Å². The van der Waals surface area contributed by atoms with Gasteiger partial charge in [0.1, 0.15) is 5.60 Å². The van der Waals surface area contributed by atoms with Crippen molar-refractivity contribution in [1.82, 2.24) is 10.2 Å². The Bertz CT molecular complexity index is 544. The molecular formula is C14H19N3O4. The van der Waals surface area contributed by atoms with E-state index in [0.717, 1.165) is 0 Å². The first-order valence-corrected chi connectivity index (χ1v) is 7.09. The molecule has 3 aliphatic heterocycles. The number of nitrogens with one attached hydrogen (secondary N) is 1. The first-order chi connectivity index (χ1) is 9.84. The third-order valence-electron chi connectivity index (χ3n) is 4.26. The van der Waals surface area contributed by atoms with Gasteiger partial charge in [0.05, 0.1) is 31.0 Å². The van der Waals surface area contributed by atoms with Crippen LogP contribution in [-0.2, 0) is 19.1 Å². The summed E-state index contributed by atoms with van der Waals surface area (Å²) < 4.78 is 5.89. The highest BCUT2D eigenvalue weighted by Crippen LogP contribution is 2.51. The summed E-state index contributed by atoms with van der Waals surface area (Å²) in [6.45, 7) is 3.87. The number of primary amides is 1. The highest BCUT2D eigenvalue weighted by molar-refractivity contribution is 5.94. The van der Waals surface area contributed by atoms with Crippen molar-refractivity contribution >= 4 is 17.7 Å². The molecule has 7 nitrogen and oxygen atoms in total. The third-order valence-corrected chi connectivity index (χ3v) is 4.26. The number of nitrogens with two attached hydrogens (primary N) is 1. The van der Waals surface area contributed by atoms with Crippen LogP contribution in [-0.4, -0.2) is 53.5 Å². The molecule has 3 rings (SSSR count). The van der Waals surface area contributed by atoms with E-state index in [0.29, 0.717) is 0 Å². The maximum Gasteiger partial charge on any atom is 0.237 e. The Morgan fingerprint density at radius 1 is 1.57 bits per heavy atom. The third kappa shape index (κ3) is 2.03. The second-order valence-electron chi connectivity index (χ2n) is 6.22. The maximum atomic E-state index is 12.5. The number of fused-ring (bicyclic) bond motifs is 1. The minimum atomic E-state index is -0.782. The Morgan fingerprint density at radius 2 is 2.29 bits per heavy atom. The fourth-order valence-corrected chi connectivity index (χ4v) is 3.58. The average Bonchev–Trinajstić information content (AvgIpc) is 2.97. The van der Waals surface area contributed by atoms with Crippen LogP contribution in [0.5, 0.6) is 0 Å². The van der Waals surface area contributed by atoms with Crippen LogP contribution in [0, 0.1) is 11.8 Å². The van der Waals surface area contributed by atoms with E-state index in [-0.39, 0.29) is 37.0 Å². The van der Waals surface area contributed by atoms with Crippen molar-refractivity contribution in [1.29, 1.82) is 0 Å². The van der Waals surface area contributed by atoms with Crippen LogP contribution in [0.2, 0.25) is 0 Å². The molecule has 7 heteroatoms. The monoisotopic (exact) mass is 293 g/mol. The molecule has 0 radical (unpaired) electrons. The van der Waals surface area contributed by atoms with E-state index >= 15 is 0 Å². The molecular weight excluding hydrogens is 274 g/mol. The topological polar surface area (TPSA) is 102 Å². The first-order valence-electron chi connectivity index (χ1n) is 7.09. The van der Waals surface area contributed by atoms with Crippen LogP contribution in [0.4, 0.5) is 0 Å². The highest BCUT2D eigenvalue weighted by Gasteiger charge is 2.66. The molecule has 3 aliphatic rings. The molecule has 114 valence electrons. The molecule has 3 N–H and O–H groups in total. The summed E-state index contributed by atoms with van der Waals surface area (Å²) in [5.41, 5.74) is 4.39. The SMILES string of the molecule is CC(C)NC(=O)[C@H]1[C@H]2C(=O)N(CC(N)=O)C[C@]23C=C[C@H]1O3. The molecule has 1 spiro atoms. The molecule has 0 unspecified atom stereocenters. The van der Waals surface area contributed by atoms with Crippen molar-refractivity contribution in [3.05, 3.63) is 12.2 Å². The maximum absolute atomic E-state index is 12.5. The summed E-state index contributed by atoms with van der Waals surface area (Å²) in [6.07, 6.45) is 3.32. The highest BCUT2D eigenvalue weighted by atomic mass is 16.5. The van der Waals surface area contributed by atoms with Crippen LogP contribution in [0.3, 0.4) is 0 Å². The van der Waals surface area contributed by atoms with E-state index in [1.165, 1.54) is 4.90 Å². The molecule has 21 heavy (non-hydrogen) atoms. The Morgan fingerprint density at radius 3 is 2.90 bits per heavy atom. The molecule has 0 aromatic carbocycles. The van der Waals surface area contributed by atoms with Gasteiger partial charge in [-0.15, -0.1) is 0 Å². The zero-order chi connectivity index (χ0) is 15.4. The molecule has 3 amide bonds. The molecule has 2 saturated heterocycles. The molecule has 2 fully saturated rings. The number of carbonyl (C=O) groups is 3. The van der Waals surface area contributed by atoms with Gasteiger partial charge in [-0.2, -0.15) is 0 Å². The van der Waals surface area contributed by atoms with E-state index in [9.17, 15) is 14.4 Å². The number of rotatable bonds is 4. The smallest absolute Gasteiger partial charge is 0.237 e. The van der Waals surface area contributed by atoms with E-state index in [1.807, 2.05) is 26.0 Å². The van der Waals surface area contributed by atoms with Crippen LogP contribution in [0.1, 0.15) is 13.8 Å². The number of hydrogen-bond acceptors (Lipinski definition) is 4. The second-order valence-corrected chi connectivity index (χ2v) is 6.22. The van der Waals surface area contributed by atoms with Gasteiger partial charge in [-0.05, 0) is 13.8 Å². The Labute approximate surface area is 122 Å². The summed E-state index contributed by atoms with van der Waals surface area (Å²) in [5, 5.41) is 2.84. The number of carbonyl (C=O) groups excluding carboxylic acids is 3. The van der Waals surface area contributed by atoms with Gasteiger partial charge in [-0.1, -0.05) is 12.2 Å². The minimum absolute atomic E-state index is 0.00483. The molecule has 0 aromatic heterocycles. The van der Waals surface area contributed by atoms with Crippen LogP contribution < -0.4 is 11.1 Å². The predicted octanol–water partition coefficient (Wildman–Crippen LogP) is -1.22. The molecule has 2 bridgehead atoms. The van der Waals surface area contributed by atoms with Crippen molar-refractivity contribution in [2.75, 3.05) is 13.1 Å². The first kappa shape index (κ1) is 14.1. The Kier molecular flexibility index (Phi) is 3.05. The lowest BCUT2D eigenvalue weighted by Gasteiger charge is -2.24. The Hall–Kier alpha value is -1.89. The molecule has 0 aliphatic carbocycles. The summed E-state index contributed by atoms with van der Waals surface area (Å²) in [7, 11) is 0. The van der Waals surface area contributed by atoms with E-state index in [2.05, 4.69) is 5.32 Å². The average molecular weight is 293 g/mol. The van der Waals surface area contributed by atoms with Crippen molar-refractivity contribution in [2.24, 2.45) is 17.6 Å². The zero-order valence-electron chi connectivity index (χ0n) is 12.0. The van der Waals surface area contributed by atoms with Crippen molar-refractivity contribution < 1.29 is 19.1 Å². The fourth-order valence-electron chi connectivity index (χ4n) is 3.58. The molecule has 0 aromatic rings. The zero-order valence-corrected chi connectivity index (χ0v) is 12.0. The lowest BCUT2D eigenvalue weighted by molar-refractivity contribution is -0.139. The van der Waals surface area contributed by atoms with Crippen LogP contribution in [0.25, 0.3) is 0 Å². The number of ether oxygens (including phenoxy) is 1. The van der Waals surface area contributed by atoms with Crippen LogP contribution in [0.15, 0.2) is 12.2 Å². The number of hydrogen-bond donors (Lipinski definition) is 2.